The molecule has 7 rings (SSSR count). The zero-order chi connectivity index (χ0) is 36.9. The fraction of sp³-hybridized carbons (Fsp3) is 1.00. The molecule has 0 nitrogen and oxygen atoms in total. The first kappa shape index (κ1) is 39.7. The monoisotopic (exact) mass is 735 g/mol. The van der Waals surface area contributed by atoms with Crippen LogP contribution < -0.4 is 0 Å². The predicted octanol–water partition coefficient (Wildman–Crippen LogP) is 15.3. The van der Waals surface area contributed by atoms with Crippen molar-refractivity contribution in [1.82, 2.24) is 0 Å². The van der Waals surface area contributed by atoms with E-state index in [2.05, 4.69) is 95.4 Å². The average Bonchev–Trinajstić information content (AvgIpc) is 3.82. The third-order valence-electron chi connectivity index (χ3n) is 21.8. The number of hydrogen-bond acceptors (Lipinski definition) is 0. The van der Waals surface area contributed by atoms with Gasteiger partial charge < -0.3 is 0 Å². The van der Waals surface area contributed by atoms with Crippen molar-refractivity contribution in [3.8, 4) is 0 Å². The zero-order valence-electron chi connectivity index (χ0n) is 36.9. The topological polar surface area (TPSA) is 0 Å². The van der Waals surface area contributed by atoms with Crippen LogP contribution in [0.4, 0.5) is 0 Å². The minimum absolute atomic E-state index is 0.875. The van der Waals surface area contributed by atoms with E-state index in [1.807, 2.05) is 0 Å². The van der Waals surface area contributed by atoms with Crippen LogP contribution in [0.25, 0.3) is 0 Å². The van der Waals surface area contributed by atoms with Crippen molar-refractivity contribution in [2.75, 3.05) is 0 Å². The molecule has 2 heteroatoms. The summed E-state index contributed by atoms with van der Waals surface area (Å²) in [6.07, 6.45) is 20.7. The van der Waals surface area contributed by atoms with Crippen LogP contribution in [-0.4, -0.2) is 16.1 Å². The SMILES string of the molecule is CC(C)C1CC2C(C3CCC(C4CCCC5C4CCC5[Si](C)(C)C4C(C)C(C)C(C)C4C)CC3)CCCC2C1[Si](C)(C)C1C(C)C(C)C(C)C1C. The van der Waals surface area contributed by atoms with Crippen LogP contribution in [0, 0.1) is 107 Å². The molecule has 0 aromatic rings. The summed E-state index contributed by atoms with van der Waals surface area (Å²) in [7, 11) is -2.78. The van der Waals surface area contributed by atoms with Crippen molar-refractivity contribution in [2.24, 2.45) is 107 Å². The maximum absolute atomic E-state index is 2.93. The highest BCUT2D eigenvalue weighted by atomic mass is 28.3. The Morgan fingerprint density at radius 3 is 1.25 bits per heavy atom. The van der Waals surface area contributed by atoms with Crippen molar-refractivity contribution < 1.29 is 0 Å². The Labute approximate surface area is 322 Å². The van der Waals surface area contributed by atoms with E-state index in [9.17, 15) is 0 Å². The molecule has 0 aromatic heterocycles. The number of hydrogen-bond donors (Lipinski definition) is 0. The smallest absolute Gasteiger partial charge is 0.0547 e. The largest absolute Gasteiger partial charge is 0.0689 e. The predicted molar refractivity (Wildman–Crippen MR) is 230 cm³/mol. The molecule has 7 saturated carbocycles. The van der Waals surface area contributed by atoms with Gasteiger partial charge >= 0.3 is 0 Å². The first-order chi connectivity index (χ1) is 24.0. The number of rotatable bonds is 7. The molecule has 0 amide bonds. The van der Waals surface area contributed by atoms with Gasteiger partial charge in [0.1, 0.15) is 0 Å². The summed E-state index contributed by atoms with van der Waals surface area (Å²) in [5.41, 5.74) is 4.28. The second kappa shape index (κ2) is 14.7. The second-order valence-corrected chi connectivity index (χ2v) is 34.0. The first-order valence-corrected chi connectivity index (χ1v) is 30.3. The van der Waals surface area contributed by atoms with E-state index in [-0.39, 0.29) is 0 Å². The van der Waals surface area contributed by atoms with Crippen LogP contribution in [0.1, 0.15) is 153 Å². The Hall–Kier alpha value is 0.434. The van der Waals surface area contributed by atoms with E-state index in [1.54, 1.807) is 83.5 Å². The van der Waals surface area contributed by atoms with Crippen molar-refractivity contribution in [1.29, 1.82) is 0 Å². The molecule has 0 N–H and O–H groups in total. The van der Waals surface area contributed by atoms with Gasteiger partial charge in [-0.1, -0.05) is 128 Å². The summed E-state index contributed by atoms with van der Waals surface area (Å²) < 4.78 is 0. The van der Waals surface area contributed by atoms with E-state index < -0.39 is 16.1 Å². The molecule has 51 heavy (non-hydrogen) atoms. The van der Waals surface area contributed by atoms with Crippen LogP contribution in [0.3, 0.4) is 0 Å². The third kappa shape index (κ3) is 6.45. The fourth-order valence-electron chi connectivity index (χ4n) is 19.0. The van der Waals surface area contributed by atoms with Crippen molar-refractivity contribution in [3.05, 3.63) is 0 Å². The lowest BCUT2D eigenvalue weighted by atomic mass is 9.60. The van der Waals surface area contributed by atoms with Gasteiger partial charge in [0, 0.05) is 0 Å². The van der Waals surface area contributed by atoms with Gasteiger partial charge in [-0.05, 0) is 180 Å². The van der Waals surface area contributed by atoms with Crippen LogP contribution >= 0.6 is 0 Å². The highest BCUT2D eigenvalue weighted by Crippen LogP contribution is 2.68. The average molecular weight is 735 g/mol. The van der Waals surface area contributed by atoms with Crippen molar-refractivity contribution in [3.63, 3.8) is 0 Å². The minimum Gasteiger partial charge on any atom is -0.0689 e. The van der Waals surface area contributed by atoms with E-state index in [4.69, 9.17) is 0 Å². The van der Waals surface area contributed by atoms with Crippen LogP contribution in [0.15, 0.2) is 0 Å². The summed E-state index contributed by atoms with van der Waals surface area (Å²) in [5, 5.41) is 0. The van der Waals surface area contributed by atoms with Crippen LogP contribution in [0.2, 0.25) is 48.4 Å². The van der Waals surface area contributed by atoms with E-state index in [1.165, 1.54) is 0 Å². The van der Waals surface area contributed by atoms with Crippen molar-refractivity contribution >= 4 is 16.1 Å². The van der Waals surface area contributed by atoms with Crippen LogP contribution in [0.5, 0.6) is 0 Å². The molecule has 0 spiro atoms. The van der Waals surface area contributed by atoms with Gasteiger partial charge in [0.15, 0.2) is 0 Å². The van der Waals surface area contributed by atoms with E-state index in [0.29, 0.717) is 0 Å². The second-order valence-electron chi connectivity index (χ2n) is 23.9. The molecule has 0 heterocycles. The molecule has 0 aliphatic heterocycles. The van der Waals surface area contributed by atoms with Gasteiger partial charge in [-0.25, -0.2) is 0 Å². The zero-order valence-corrected chi connectivity index (χ0v) is 38.9. The van der Waals surface area contributed by atoms with E-state index >= 15 is 0 Å². The molecule has 0 aromatic carbocycles. The van der Waals surface area contributed by atoms with Gasteiger partial charge in [-0.2, -0.15) is 0 Å². The van der Waals surface area contributed by atoms with Gasteiger partial charge in [-0.3, -0.25) is 0 Å². The Kier molecular flexibility index (Phi) is 11.5. The maximum Gasteiger partial charge on any atom is 0.0547 e. The molecule has 17 unspecified atom stereocenters. The highest BCUT2D eigenvalue weighted by Gasteiger charge is 2.61. The lowest BCUT2D eigenvalue weighted by molar-refractivity contribution is 0.0475. The van der Waals surface area contributed by atoms with Gasteiger partial charge in [0.05, 0.1) is 16.1 Å². The molecular weight excluding hydrogens is 645 g/mol. The molecule has 7 fully saturated rings. The molecule has 0 saturated heterocycles. The number of fused-ring (bicyclic) bond motifs is 2. The molecule has 17 atom stereocenters. The molecule has 7 aliphatic rings. The lowest BCUT2D eigenvalue weighted by Crippen LogP contribution is -2.47. The van der Waals surface area contributed by atoms with Gasteiger partial charge in [0.25, 0.3) is 0 Å². The summed E-state index contributed by atoms with van der Waals surface area (Å²) in [6, 6.07) is 0. The summed E-state index contributed by atoms with van der Waals surface area (Å²) in [4.78, 5) is 0. The summed E-state index contributed by atoms with van der Waals surface area (Å²) >= 11 is 0. The molecule has 294 valence electrons. The molecule has 0 bridgehead atoms. The Morgan fingerprint density at radius 2 is 0.784 bits per heavy atom. The Balaban J connectivity index is 1.02. The Bertz CT molecular complexity index is 1150. The standard InChI is InChI=1S/C49H90Si2/c1-28(2)44-27-45-40(18-16-20-43(45)49(44)51(13,14)48-35(9)31(5)32(6)36(48)10)38-23-21-37(22-24-38)39-17-15-19-42-41(39)25-26-46(42)50(11,12)47-33(7)29(3)30(4)34(47)8/h28-49H,15-27H2,1-14H3. The molecule has 7 aliphatic carbocycles. The summed E-state index contributed by atoms with van der Waals surface area (Å²) in [5.74, 6) is 17.9. The maximum atomic E-state index is 2.93. The quantitative estimate of drug-likeness (QED) is 0.229. The normalized spacial score (nSPS) is 53.8. The molecular formula is C49H90Si2. The summed E-state index contributed by atoms with van der Waals surface area (Å²) in [6.45, 7) is 38.0. The van der Waals surface area contributed by atoms with E-state index in [0.717, 1.165) is 129 Å². The minimum atomic E-state index is -1.45. The fourth-order valence-corrected chi connectivity index (χ4v) is 32.1. The van der Waals surface area contributed by atoms with Gasteiger partial charge in [-0.15, -0.1) is 0 Å². The Morgan fingerprint density at radius 1 is 0.373 bits per heavy atom. The highest BCUT2D eigenvalue weighted by molar-refractivity contribution is 6.81. The van der Waals surface area contributed by atoms with Gasteiger partial charge in [0.2, 0.25) is 0 Å². The lowest BCUT2D eigenvalue weighted by Gasteiger charge is -2.50. The molecule has 0 radical (unpaired) electrons. The van der Waals surface area contributed by atoms with Crippen LogP contribution in [-0.2, 0) is 0 Å². The van der Waals surface area contributed by atoms with Crippen molar-refractivity contribution in [2.45, 2.75) is 201 Å². The third-order valence-corrected chi connectivity index (χ3v) is 32.5. The first-order valence-electron chi connectivity index (χ1n) is 24.0.